The van der Waals surface area contributed by atoms with Crippen molar-refractivity contribution in [2.24, 2.45) is 5.92 Å². The summed E-state index contributed by atoms with van der Waals surface area (Å²) >= 11 is 0. The summed E-state index contributed by atoms with van der Waals surface area (Å²) in [5, 5.41) is 5.37. The number of rotatable bonds is 6. The lowest BCUT2D eigenvalue weighted by molar-refractivity contribution is -0.122. The number of halogens is 2. The van der Waals surface area contributed by atoms with Gasteiger partial charge < -0.3 is 10.6 Å². The number of benzene rings is 2. The lowest BCUT2D eigenvalue weighted by Gasteiger charge is -2.08. The quantitative estimate of drug-likeness (QED) is 0.780. The first kappa shape index (κ1) is 18.0. The van der Waals surface area contributed by atoms with Gasteiger partial charge in [-0.25, -0.2) is 8.78 Å². The van der Waals surface area contributed by atoms with E-state index in [1.165, 1.54) is 12.1 Å². The van der Waals surface area contributed by atoms with Gasteiger partial charge in [-0.3, -0.25) is 9.59 Å². The molecule has 2 aromatic rings. The molecule has 0 saturated heterocycles. The van der Waals surface area contributed by atoms with Crippen LogP contribution in [0, 0.1) is 24.5 Å². The highest BCUT2D eigenvalue weighted by atomic mass is 19.1. The number of carbonyl (C=O) groups is 2. The maximum Gasteiger partial charge on any atom is 0.251 e. The molecule has 1 fully saturated rings. The molecule has 0 heterocycles. The van der Waals surface area contributed by atoms with Crippen molar-refractivity contribution < 1.29 is 18.4 Å². The summed E-state index contributed by atoms with van der Waals surface area (Å²) in [6.45, 7) is 2.12. The van der Waals surface area contributed by atoms with Gasteiger partial charge in [0.2, 0.25) is 5.91 Å². The van der Waals surface area contributed by atoms with E-state index in [-0.39, 0.29) is 42.2 Å². The van der Waals surface area contributed by atoms with Gasteiger partial charge >= 0.3 is 0 Å². The molecule has 1 aliphatic carbocycles. The second-order valence-electron chi connectivity index (χ2n) is 6.48. The fourth-order valence-corrected chi connectivity index (χ4v) is 2.93. The number of nitrogens with one attached hydrogen (secondary N) is 2. The highest BCUT2D eigenvalue weighted by Crippen LogP contribution is 2.48. The van der Waals surface area contributed by atoms with E-state index in [9.17, 15) is 18.4 Å². The van der Waals surface area contributed by atoms with Crippen molar-refractivity contribution in [2.75, 3.05) is 13.1 Å². The topological polar surface area (TPSA) is 58.2 Å². The third-order valence-corrected chi connectivity index (χ3v) is 4.58. The molecule has 26 heavy (non-hydrogen) atoms. The standard InChI is InChI=1S/C20H20F2N2O2/c1-12-6-7-13(10-18(12)22)19(25)23-8-9-24-20(26)16-11-15(16)14-4-2-3-5-17(14)21/h2-7,10,15-16H,8-9,11H2,1H3,(H,23,25)(H,24,26). The van der Waals surface area contributed by atoms with E-state index < -0.39 is 11.7 Å². The van der Waals surface area contributed by atoms with Gasteiger partial charge in [-0.05, 0) is 48.6 Å². The minimum Gasteiger partial charge on any atom is -0.354 e. The highest BCUT2D eigenvalue weighted by Gasteiger charge is 2.44. The van der Waals surface area contributed by atoms with Crippen LogP contribution in [0.2, 0.25) is 0 Å². The largest absolute Gasteiger partial charge is 0.354 e. The van der Waals surface area contributed by atoms with E-state index in [1.807, 2.05) is 0 Å². The molecule has 0 aromatic heterocycles. The summed E-state index contributed by atoms with van der Waals surface area (Å²) in [6.07, 6.45) is 0.627. The highest BCUT2D eigenvalue weighted by molar-refractivity contribution is 5.94. The third kappa shape index (κ3) is 4.07. The molecule has 4 nitrogen and oxygen atoms in total. The van der Waals surface area contributed by atoms with Crippen molar-refractivity contribution in [3.05, 3.63) is 70.8 Å². The van der Waals surface area contributed by atoms with E-state index in [1.54, 1.807) is 37.3 Å². The average Bonchev–Trinajstić information content (AvgIpc) is 3.41. The first-order chi connectivity index (χ1) is 12.5. The second-order valence-corrected chi connectivity index (χ2v) is 6.48. The van der Waals surface area contributed by atoms with Crippen molar-refractivity contribution >= 4 is 11.8 Å². The minimum atomic E-state index is -0.432. The lowest BCUT2D eigenvalue weighted by Crippen LogP contribution is -2.35. The maximum absolute atomic E-state index is 13.7. The molecule has 0 spiro atoms. The molecule has 6 heteroatoms. The minimum absolute atomic E-state index is 0.0821. The average molecular weight is 358 g/mol. The first-order valence-corrected chi connectivity index (χ1v) is 8.54. The summed E-state index contributed by atoms with van der Waals surface area (Å²) in [5.41, 5.74) is 1.28. The van der Waals surface area contributed by atoms with Crippen LogP contribution in [0.25, 0.3) is 0 Å². The van der Waals surface area contributed by atoms with Crippen LogP contribution in [-0.4, -0.2) is 24.9 Å². The Hall–Kier alpha value is -2.76. The van der Waals surface area contributed by atoms with Gasteiger partial charge in [-0.15, -0.1) is 0 Å². The molecule has 2 atom stereocenters. The molecule has 2 amide bonds. The molecule has 3 rings (SSSR count). The Morgan fingerprint density at radius 3 is 2.50 bits per heavy atom. The Kier molecular flexibility index (Phi) is 5.30. The Bertz CT molecular complexity index is 838. The molecule has 0 bridgehead atoms. The molecule has 0 radical (unpaired) electrons. The molecule has 2 N–H and O–H groups in total. The summed E-state index contributed by atoms with van der Waals surface area (Å²) < 4.78 is 27.2. The summed E-state index contributed by atoms with van der Waals surface area (Å²) in [6, 6.07) is 10.8. The van der Waals surface area contributed by atoms with E-state index >= 15 is 0 Å². The summed E-state index contributed by atoms with van der Waals surface area (Å²) in [7, 11) is 0. The monoisotopic (exact) mass is 358 g/mol. The number of carbonyl (C=O) groups excluding carboxylic acids is 2. The fourth-order valence-electron chi connectivity index (χ4n) is 2.93. The second kappa shape index (κ2) is 7.64. The van der Waals surface area contributed by atoms with E-state index in [0.29, 0.717) is 17.5 Å². The van der Waals surface area contributed by atoms with E-state index in [4.69, 9.17) is 0 Å². The fraction of sp³-hybridized carbons (Fsp3) is 0.300. The normalized spacial score (nSPS) is 18.3. The van der Waals surface area contributed by atoms with Gasteiger partial charge in [0.05, 0.1) is 0 Å². The van der Waals surface area contributed by atoms with Gasteiger partial charge in [0.1, 0.15) is 11.6 Å². The molecule has 136 valence electrons. The van der Waals surface area contributed by atoms with Crippen molar-refractivity contribution in [2.45, 2.75) is 19.3 Å². The van der Waals surface area contributed by atoms with E-state index in [0.717, 1.165) is 0 Å². The van der Waals surface area contributed by atoms with Crippen molar-refractivity contribution in [1.82, 2.24) is 10.6 Å². The molecular weight excluding hydrogens is 338 g/mol. The van der Waals surface area contributed by atoms with Crippen LogP contribution in [0.3, 0.4) is 0 Å². The number of hydrogen-bond acceptors (Lipinski definition) is 2. The summed E-state index contributed by atoms with van der Waals surface area (Å²) in [5.74, 6) is -1.57. The van der Waals surface area contributed by atoms with Gasteiger partial charge in [-0.2, -0.15) is 0 Å². The Balaban J connectivity index is 1.41. The van der Waals surface area contributed by atoms with Crippen molar-refractivity contribution in [1.29, 1.82) is 0 Å². The molecule has 2 aromatic carbocycles. The Labute approximate surface area is 150 Å². The number of hydrogen-bond donors (Lipinski definition) is 2. The van der Waals surface area contributed by atoms with Crippen LogP contribution in [0.1, 0.15) is 33.8 Å². The Morgan fingerprint density at radius 1 is 1.04 bits per heavy atom. The van der Waals surface area contributed by atoms with Crippen molar-refractivity contribution in [3.63, 3.8) is 0 Å². The zero-order chi connectivity index (χ0) is 18.7. The van der Waals surface area contributed by atoms with Crippen LogP contribution in [0.5, 0.6) is 0 Å². The van der Waals surface area contributed by atoms with Gasteiger partial charge in [0, 0.05) is 24.6 Å². The molecule has 2 unspecified atom stereocenters. The van der Waals surface area contributed by atoms with Crippen LogP contribution >= 0.6 is 0 Å². The zero-order valence-corrected chi connectivity index (χ0v) is 14.4. The lowest BCUT2D eigenvalue weighted by atomic mass is 10.1. The van der Waals surface area contributed by atoms with Gasteiger partial charge in [-0.1, -0.05) is 24.3 Å². The number of amides is 2. The molecule has 1 aliphatic rings. The summed E-state index contributed by atoms with van der Waals surface area (Å²) in [4.78, 5) is 24.0. The van der Waals surface area contributed by atoms with E-state index in [2.05, 4.69) is 10.6 Å². The van der Waals surface area contributed by atoms with Crippen LogP contribution in [0.15, 0.2) is 42.5 Å². The number of aryl methyl sites for hydroxylation is 1. The predicted molar refractivity (Wildman–Crippen MR) is 93.7 cm³/mol. The predicted octanol–water partition coefficient (Wildman–Crippen LogP) is 2.92. The van der Waals surface area contributed by atoms with Gasteiger partial charge in [0.25, 0.3) is 5.91 Å². The van der Waals surface area contributed by atoms with Crippen LogP contribution < -0.4 is 10.6 Å². The SMILES string of the molecule is Cc1ccc(C(=O)NCCNC(=O)C2CC2c2ccccc2F)cc1F. The van der Waals surface area contributed by atoms with Crippen LogP contribution in [-0.2, 0) is 4.79 Å². The molecule has 1 saturated carbocycles. The Morgan fingerprint density at radius 2 is 1.77 bits per heavy atom. The van der Waals surface area contributed by atoms with Crippen LogP contribution in [0.4, 0.5) is 8.78 Å². The maximum atomic E-state index is 13.7. The molecular formula is C20H20F2N2O2. The third-order valence-electron chi connectivity index (χ3n) is 4.58. The van der Waals surface area contributed by atoms with Crippen molar-refractivity contribution in [3.8, 4) is 0 Å². The zero-order valence-electron chi connectivity index (χ0n) is 14.4. The smallest absolute Gasteiger partial charge is 0.251 e. The van der Waals surface area contributed by atoms with Gasteiger partial charge in [0.15, 0.2) is 0 Å². The molecule has 0 aliphatic heterocycles. The first-order valence-electron chi connectivity index (χ1n) is 8.54.